The van der Waals surface area contributed by atoms with Crippen LogP contribution < -0.4 is 16.4 Å². The molecule has 0 heterocycles. The van der Waals surface area contributed by atoms with E-state index in [9.17, 15) is 9.59 Å². The molecule has 1 aromatic carbocycles. The number of carbonyl (C=O) groups is 2. The predicted molar refractivity (Wildman–Crippen MR) is 67.1 cm³/mol. The van der Waals surface area contributed by atoms with Crippen molar-refractivity contribution in [2.45, 2.75) is 6.92 Å². The van der Waals surface area contributed by atoms with Gasteiger partial charge in [-0.1, -0.05) is 11.6 Å². The summed E-state index contributed by atoms with van der Waals surface area (Å²) in [4.78, 5) is 22.9. The molecular formula is C11H14ClN3O2. The predicted octanol–water partition coefficient (Wildman–Crippen LogP) is 0.987. The van der Waals surface area contributed by atoms with Gasteiger partial charge in [0.25, 0.3) is 5.91 Å². The lowest BCUT2D eigenvalue weighted by Gasteiger charge is -2.10. The summed E-state index contributed by atoms with van der Waals surface area (Å²) >= 11 is 5.81. The molecule has 0 fully saturated rings. The number of anilines is 1. The molecule has 17 heavy (non-hydrogen) atoms. The van der Waals surface area contributed by atoms with Gasteiger partial charge in [-0.25, -0.2) is 0 Å². The van der Waals surface area contributed by atoms with Gasteiger partial charge in [0.05, 0.1) is 17.8 Å². The highest BCUT2D eigenvalue weighted by Crippen LogP contribution is 2.20. The Morgan fingerprint density at radius 2 is 2.12 bits per heavy atom. The molecule has 0 aliphatic rings. The maximum atomic E-state index is 11.7. The molecule has 0 atom stereocenters. The average Bonchev–Trinajstić information content (AvgIpc) is 2.31. The van der Waals surface area contributed by atoms with Crippen molar-refractivity contribution in [2.75, 3.05) is 18.4 Å². The van der Waals surface area contributed by atoms with Crippen molar-refractivity contribution in [2.24, 2.45) is 5.73 Å². The van der Waals surface area contributed by atoms with Gasteiger partial charge in [-0.05, 0) is 25.1 Å². The lowest BCUT2D eigenvalue weighted by Crippen LogP contribution is -2.27. The van der Waals surface area contributed by atoms with Crippen LogP contribution in [0.2, 0.25) is 5.02 Å². The van der Waals surface area contributed by atoms with Gasteiger partial charge < -0.3 is 16.4 Å². The highest BCUT2D eigenvalue weighted by atomic mass is 35.5. The quantitative estimate of drug-likeness (QED) is 0.750. The molecule has 0 saturated carbocycles. The molecule has 2 amide bonds. The second-order valence-electron chi connectivity index (χ2n) is 3.30. The van der Waals surface area contributed by atoms with Crippen molar-refractivity contribution in [1.29, 1.82) is 0 Å². The van der Waals surface area contributed by atoms with Crippen LogP contribution in [0.5, 0.6) is 0 Å². The van der Waals surface area contributed by atoms with Gasteiger partial charge in [0.2, 0.25) is 5.91 Å². The second-order valence-corrected chi connectivity index (χ2v) is 3.74. The van der Waals surface area contributed by atoms with E-state index in [-0.39, 0.29) is 18.4 Å². The van der Waals surface area contributed by atoms with Crippen LogP contribution >= 0.6 is 11.6 Å². The number of hydrogen-bond donors (Lipinski definition) is 3. The lowest BCUT2D eigenvalue weighted by atomic mass is 10.1. The number of nitrogens with two attached hydrogens (primary N) is 1. The Hall–Kier alpha value is -1.59. The number of halogens is 1. The highest BCUT2D eigenvalue weighted by Gasteiger charge is 2.12. The third-order valence-corrected chi connectivity index (χ3v) is 2.26. The van der Waals surface area contributed by atoms with E-state index in [0.717, 1.165) is 0 Å². The third kappa shape index (κ3) is 3.72. The Morgan fingerprint density at radius 3 is 2.71 bits per heavy atom. The fourth-order valence-corrected chi connectivity index (χ4v) is 1.44. The van der Waals surface area contributed by atoms with E-state index < -0.39 is 0 Å². The Labute approximate surface area is 104 Å². The van der Waals surface area contributed by atoms with Crippen LogP contribution in [0.3, 0.4) is 0 Å². The lowest BCUT2D eigenvalue weighted by molar-refractivity contribution is -0.114. The van der Waals surface area contributed by atoms with Gasteiger partial charge in [0.1, 0.15) is 0 Å². The molecule has 92 valence electrons. The zero-order valence-corrected chi connectivity index (χ0v) is 10.2. The smallest absolute Gasteiger partial charge is 0.253 e. The largest absolute Gasteiger partial charge is 0.352 e. The number of rotatable bonds is 4. The Kier molecular flexibility index (Phi) is 4.93. The summed E-state index contributed by atoms with van der Waals surface area (Å²) < 4.78 is 0. The SMILES string of the molecule is CCNC(=O)c1cc(Cl)ccc1NC(=O)CN. The zero-order chi connectivity index (χ0) is 12.8. The van der Waals surface area contributed by atoms with Crippen LogP contribution in [-0.4, -0.2) is 24.9 Å². The van der Waals surface area contributed by atoms with Crippen molar-refractivity contribution >= 4 is 29.1 Å². The number of amides is 2. The van der Waals surface area contributed by atoms with Crippen LogP contribution in [0.15, 0.2) is 18.2 Å². The van der Waals surface area contributed by atoms with E-state index >= 15 is 0 Å². The Bertz CT molecular complexity index is 435. The van der Waals surface area contributed by atoms with Crippen LogP contribution in [0.25, 0.3) is 0 Å². The molecule has 1 rings (SSSR count). The summed E-state index contributed by atoms with van der Waals surface area (Å²) in [5.74, 6) is -0.653. The molecule has 0 saturated heterocycles. The van der Waals surface area contributed by atoms with Crippen LogP contribution in [0, 0.1) is 0 Å². The van der Waals surface area contributed by atoms with Crippen LogP contribution in [0.1, 0.15) is 17.3 Å². The van der Waals surface area contributed by atoms with Crippen molar-refractivity contribution in [3.8, 4) is 0 Å². The van der Waals surface area contributed by atoms with Gasteiger partial charge in [0.15, 0.2) is 0 Å². The van der Waals surface area contributed by atoms with E-state index in [0.29, 0.717) is 22.8 Å². The van der Waals surface area contributed by atoms with E-state index in [1.54, 1.807) is 19.1 Å². The molecular weight excluding hydrogens is 242 g/mol. The van der Waals surface area contributed by atoms with Crippen molar-refractivity contribution < 1.29 is 9.59 Å². The number of benzene rings is 1. The average molecular weight is 256 g/mol. The third-order valence-electron chi connectivity index (χ3n) is 2.02. The summed E-state index contributed by atoms with van der Waals surface area (Å²) in [6, 6.07) is 4.66. The fraction of sp³-hybridized carbons (Fsp3) is 0.273. The summed E-state index contributed by atoms with van der Waals surface area (Å²) in [7, 11) is 0. The summed E-state index contributed by atoms with van der Waals surface area (Å²) in [6.45, 7) is 2.16. The van der Waals surface area contributed by atoms with Gasteiger partial charge in [-0.2, -0.15) is 0 Å². The molecule has 0 radical (unpaired) electrons. The van der Waals surface area contributed by atoms with Crippen molar-refractivity contribution in [1.82, 2.24) is 5.32 Å². The summed E-state index contributed by atoms with van der Waals surface area (Å²) in [5.41, 5.74) is 5.92. The molecule has 6 heteroatoms. The molecule has 0 aliphatic heterocycles. The highest BCUT2D eigenvalue weighted by molar-refractivity contribution is 6.31. The first kappa shape index (κ1) is 13.5. The zero-order valence-electron chi connectivity index (χ0n) is 9.42. The first-order valence-corrected chi connectivity index (χ1v) is 5.54. The number of carbonyl (C=O) groups excluding carboxylic acids is 2. The monoisotopic (exact) mass is 255 g/mol. The standard InChI is InChI=1S/C11H14ClN3O2/c1-2-14-11(17)8-5-7(12)3-4-9(8)15-10(16)6-13/h3-5H,2,6,13H2,1H3,(H,14,17)(H,15,16). The first-order chi connectivity index (χ1) is 8.08. The van der Waals surface area contributed by atoms with Gasteiger partial charge in [-0.15, -0.1) is 0 Å². The normalized spacial score (nSPS) is 9.82. The Balaban J connectivity index is 3.03. The van der Waals surface area contributed by atoms with E-state index in [1.807, 2.05) is 0 Å². The first-order valence-electron chi connectivity index (χ1n) is 5.16. The minimum Gasteiger partial charge on any atom is -0.352 e. The molecule has 0 bridgehead atoms. The maximum absolute atomic E-state index is 11.7. The van der Waals surface area contributed by atoms with Crippen molar-refractivity contribution in [3.05, 3.63) is 28.8 Å². The second kappa shape index (κ2) is 6.22. The van der Waals surface area contributed by atoms with E-state index in [4.69, 9.17) is 17.3 Å². The number of nitrogens with one attached hydrogen (secondary N) is 2. The minimum absolute atomic E-state index is 0.141. The molecule has 0 spiro atoms. The topological polar surface area (TPSA) is 84.2 Å². The molecule has 1 aromatic rings. The summed E-state index contributed by atoms with van der Waals surface area (Å²) in [6.07, 6.45) is 0. The molecule has 0 aliphatic carbocycles. The summed E-state index contributed by atoms with van der Waals surface area (Å²) in [5, 5.41) is 5.61. The Morgan fingerprint density at radius 1 is 1.41 bits per heavy atom. The van der Waals surface area contributed by atoms with Crippen molar-refractivity contribution in [3.63, 3.8) is 0 Å². The minimum atomic E-state index is -0.363. The van der Waals surface area contributed by atoms with Gasteiger partial charge in [0, 0.05) is 11.6 Å². The fourth-order valence-electron chi connectivity index (χ4n) is 1.27. The van der Waals surface area contributed by atoms with Gasteiger partial charge in [-0.3, -0.25) is 9.59 Å². The van der Waals surface area contributed by atoms with Gasteiger partial charge >= 0.3 is 0 Å². The molecule has 0 unspecified atom stereocenters. The maximum Gasteiger partial charge on any atom is 0.253 e. The van der Waals surface area contributed by atoms with Crippen LogP contribution in [-0.2, 0) is 4.79 Å². The molecule has 4 N–H and O–H groups in total. The van der Waals surface area contributed by atoms with E-state index in [2.05, 4.69) is 10.6 Å². The number of hydrogen-bond acceptors (Lipinski definition) is 3. The van der Waals surface area contributed by atoms with E-state index in [1.165, 1.54) is 6.07 Å². The molecule has 0 aromatic heterocycles. The van der Waals surface area contributed by atoms with Crippen LogP contribution in [0.4, 0.5) is 5.69 Å². The molecule has 5 nitrogen and oxygen atoms in total.